The third-order valence-corrected chi connectivity index (χ3v) is 2.38. The van der Waals surface area contributed by atoms with E-state index in [1.807, 2.05) is 19.9 Å². The SMILES string of the molecule is CC(C)CC(N)/C=C\C(CC(C)C)C(=O)O. The topological polar surface area (TPSA) is 63.3 Å². The molecule has 3 N–H and O–H groups in total. The van der Waals surface area contributed by atoms with E-state index in [9.17, 15) is 4.79 Å². The zero-order valence-corrected chi connectivity index (χ0v) is 10.8. The van der Waals surface area contributed by atoms with Gasteiger partial charge in [0.2, 0.25) is 0 Å². The number of rotatable bonds is 7. The van der Waals surface area contributed by atoms with Gasteiger partial charge in [0.05, 0.1) is 5.92 Å². The van der Waals surface area contributed by atoms with Gasteiger partial charge in [-0.25, -0.2) is 0 Å². The maximum absolute atomic E-state index is 11.0. The number of carboxylic acids is 1. The van der Waals surface area contributed by atoms with Crippen molar-refractivity contribution < 1.29 is 9.90 Å². The smallest absolute Gasteiger partial charge is 0.310 e. The summed E-state index contributed by atoms with van der Waals surface area (Å²) in [5.41, 5.74) is 5.87. The zero-order chi connectivity index (χ0) is 12.7. The normalized spacial score (nSPS) is 15.9. The standard InChI is InChI=1S/C13H25NO2/c1-9(2)7-11(13(15)16)5-6-12(14)8-10(3)4/h5-6,9-12H,7-8,14H2,1-4H3,(H,15,16)/b6-5-. The van der Waals surface area contributed by atoms with E-state index in [0.717, 1.165) is 6.42 Å². The second-order valence-corrected chi connectivity index (χ2v) is 5.25. The first-order chi connectivity index (χ1) is 7.32. The highest BCUT2D eigenvalue weighted by molar-refractivity contribution is 5.72. The first-order valence-electron chi connectivity index (χ1n) is 5.99. The fourth-order valence-corrected chi connectivity index (χ4v) is 1.67. The van der Waals surface area contributed by atoms with Crippen LogP contribution in [0.15, 0.2) is 12.2 Å². The van der Waals surface area contributed by atoms with Gasteiger partial charge in [-0.15, -0.1) is 0 Å². The van der Waals surface area contributed by atoms with Crippen LogP contribution in [0.4, 0.5) is 0 Å². The average molecular weight is 227 g/mol. The van der Waals surface area contributed by atoms with Crippen LogP contribution < -0.4 is 5.73 Å². The predicted molar refractivity (Wildman–Crippen MR) is 67.2 cm³/mol. The van der Waals surface area contributed by atoms with Gasteiger partial charge in [-0.1, -0.05) is 39.8 Å². The van der Waals surface area contributed by atoms with Crippen molar-refractivity contribution in [3.05, 3.63) is 12.2 Å². The van der Waals surface area contributed by atoms with Gasteiger partial charge in [0, 0.05) is 6.04 Å². The minimum Gasteiger partial charge on any atom is -0.481 e. The minimum atomic E-state index is -0.762. The van der Waals surface area contributed by atoms with E-state index in [4.69, 9.17) is 10.8 Å². The summed E-state index contributed by atoms with van der Waals surface area (Å²) in [5.74, 6) is -0.250. The maximum Gasteiger partial charge on any atom is 0.310 e. The van der Waals surface area contributed by atoms with E-state index in [2.05, 4.69) is 13.8 Å². The molecule has 0 saturated carbocycles. The quantitative estimate of drug-likeness (QED) is 0.657. The van der Waals surface area contributed by atoms with Crippen molar-refractivity contribution in [1.82, 2.24) is 0 Å². The molecule has 0 aliphatic heterocycles. The monoisotopic (exact) mass is 227 g/mol. The molecule has 0 aliphatic rings. The Hall–Kier alpha value is -0.830. The Balaban J connectivity index is 4.27. The summed E-state index contributed by atoms with van der Waals surface area (Å²) in [6.45, 7) is 8.27. The number of carbonyl (C=O) groups is 1. The molecule has 0 aromatic heterocycles. The van der Waals surface area contributed by atoms with Crippen molar-refractivity contribution in [1.29, 1.82) is 0 Å². The second kappa shape index (κ2) is 7.44. The van der Waals surface area contributed by atoms with Gasteiger partial charge in [0.1, 0.15) is 0 Å². The molecule has 0 heterocycles. The second-order valence-electron chi connectivity index (χ2n) is 5.25. The van der Waals surface area contributed by atoms with Gasteiger partial charge < -0.3 is 10.8 Å². The summed E-state index contributed by atoms with van der Waals surface area (Å²) >= 11 is 0. The van der Waals surface area contributed by atoms with Crippen LogP contribution in [0.1, 0.15) is 40.5 Å². The lowest BCUT2D eigenvalue weighted by Crippen LogP contribution is -2.21. The summed E-state index contributed by atoms with van der Waals surface area (Å²) < 4.78 is 0. The Kier molecular flexibility index (Phi) is 7.06. The van der Waals surface area contributed by atoms with Gasteiger partial charge >= 0.3 is 5.97 Å². The molecule has 0 rings (SSSR count). The van der Waals surface area contributed by atoms with Crippen LogP contribution in [0.2, 0.25) is 0 Å². The van der Waals surface area contributed by atoms with E-state index in [1.165, 1.54) is 0 Å². The number of hydrogen-bond donors (Lipinski definition) is 2. The van der Waals surface area contributed by atoms with E-state index < -0.39 is 11.9 Å². The molecule has 0 bridgehead atoms. The Bertz CT molecular complexity index is 234. The molecule has 0 fully saturated rings. The van der Waals surface area contributed by atoms with Crippen LogP contribution in [0.25, 0.3) is 0 Å². The molecule has 94 valence electrons. The summed E-state index contributed by atoms with van der Waals surface area (Å²) in [4.78, 5) is 11.0. The summed E-state index contributed by atoms with van der Waals surface area (Å²) in [7, 11) is 0. The van der Waals surface area contributed by atoms with E-state index in [-0.39, 0.29) is 6.04 Å². The summed E-state index contributed by atoms with van der Waals surface area (Å²) in [5, 5.41) is 9.02. The largest absolute Gasteiger partial charge is 0.481 e. The third-order valence-electron chi connectivity index (χ3n) is 2.38. The molecule has 0 saturated heterocycles. The number of carboxylic acid groups (broad SMARTS) is 1. The molecule has 3 heteroatoms. The molecule has 2 atom stereocenters. The van der Waals surface area contributed by atoms with Gasteiger partial charge in [0.25, 0.3) is 0 Å². The highest BCUT2D eigenvalue weighted by Crippen LogP contribution is 2.14. The first kappa shape index (κ1) is 15.2. The average Bonchev–Trinajstić information content (AvgIpc) is 2.09. The Morgan fingerprint density at radius 1 is 1.12 bits per heavy atom. The highest BCUT2D eigenvalue weighted by atomic mass is 16.4. The zero-order valence-electron chi connectivity index (χ0n) is 10.8. The highest BCUT2D eigenvalue weighted by Gasteiger charge is 2.15. The van der Waals surface area contributed by atoms with Crippen LogP contribution in [-0.2, 0) is 4.79 Å². The molecular weight excluding hydrogens is 202 g/mol. The molecule has 16 heavy (non-hydrogen) atoms. The van der Waals surface area contributed by atoms with E-state index in [0.29, 0.717) is 18.3 Å². The molecule has 3 nitrogen and oxygen atoms in total. The lowest BCUT2D eigenvalue weighted by atomic mass is 9.95. The van der Waals surface area contributed by atoms with Gasteiger partial charge in [0.15, 0.2) is 0 Å². The number of hydrogen-bond acceptors (Lipinski definition) is 2. The lowest BCUT2D eigenvalue weighted by molar-refractivity contribution is -0.140. The van der Waals surface area contributed by atoms with Crippen molar-refractivity contribution in [2.75, 3.05) is 0 Å². The Morgan fingerprint density at radius 2 is 1.62 bits per heavy atom. The number of nitrogens with two attached hydrogens (primary N) is 1. The fourth-order valence-electron chi connectivity index (χ4n) is 1.67. The summed E-state index contributed by atoms with van der Waals surface area (Å²) in [6, 6.07) is -0.0333. The molecule has 0 aliphatic carbocycles. The van der Waals surface area contributed by atoms with E-state index in [1.54, 1.807) is 6.08 Å². The fraction of sp³-hybridized carbons (Fsp3) is 0.769. The van der Waals surface area contributed by atoms with Gasteiger partial charge in [-0.3, -0.25) is 4.79 Å². The first-order valence-corrected chi connectivity index (χ1v) is 5.99. The minimum absolute atomic E-state index is 0.0333. The van der Waals surface area contributed by atoms with Crippen molar-refractivity contribution >= 4 is 5.97 Å². The predicted octanol–water partition coefficient (Wildman–Crippen LogP) is 2.66. The van der Waals surface area contributed by atoms with Crippen LogP contribution in [0, 0.1) is 17.8 Å². The van der Waals surface area contributed by atoms with Crippen LogP contribution >= 0.6 is 0 Å². The third kappa shape index (κ3) is 7.46. The van der Waals surface area contributed by atoms with Crippen molar-refractivity contribution in [3.63, 3.8) is 0 Å². The Morgan fingerprint density at radius 3 is 2.00 bits per heavy atom. The van der Waals surface area contributed by atoms with Crippen molar-refractivity contribution in [3.8, 4) is 0 Å². The van der Waals surface area contributed by atoms with Crippen LogP contribution in [-0.4, -0.2) is 17.1 Å². The molecular formula is C13H25NO2. The molecule has 0 aromatic carbocycles. The van der Waals surface area contributed by atoms with Crippen LogP contribution in [0.5, 0.6) is 0 Å². The van der Waals surface area contributed by atoms with Crippen molar-refractivity contribution in [2.24, 2.45) is 23.5 Å². The maximum atomic E-state index is 11.0. The molecule has 0 radical (unpaired) electrons. The molecule has 2 unspecified atom stereocenters. The molecule has 0 spiro atoms. The van der Waals surface area contributed by atoms with Crippen molar-refractivity contribution in [2.45, 2.75) is 46.6 Å². The van der Waals surface area contributed by atoms with Crippen LogP contribution in [0.3, 0.4) is 0 Å². The molecule has 0 amide bonds. The van der Waals surface area contributed by atoms with E-state index >= 15 is 0 Å². The van der Waals surface area contributed by atoms with Gasteiger partial charge in [-0.05, 0) is 24.7 Å². The molecule has 0 aromatic rings. The number of aliphatic carboxylic acids is 1. The lowest BCUT2D eigenvalue weighted by Gasteiger charge is -2.13. The van der Waals surface area contributed by atoms with Gasteiger partial charge in [-0.2, -0.15) is 0 Å². The summed E-state index contributed by atoms with van der Waals surface area (Å²) in [6.07, 6.45) is 5.14. The Labute approximate surface area is 98.7 Å².